The van der Waals surface area contributed by atoms with Gasteiger partial charge in [0.15, 0.2) is 5.75 Å². The molecular formula is C55H58N2O12. The van der Waals surface area contributed by atoms with E-state index in [-0.39, 0.29) is 0 Å². The van der Waals surface area contributed by atoms with E-state index >= 15 is 0 Å². The first kappa shape index (κ1) is 52.1. The third kappa shape index (κ3) is 20.6. The summed E-state index contributed by atoms with van der Waals surface area (Å²) in [5.41, 5.74) is 1.52. The van der Waals surface area contributed by atoms with E-state index < -0.39 is 23.9 Å². The second-order valence-corrected chi connectivity index (χ2v) is 15.3. The largest absolute Gasteiger partial charge is 0.494 e. The van der Waals surface area contributed by atoms with E-state index in [9.17, 15) is 19.2 Å². The van der Waals surface area contributed by atoms with Gasteiger partial charge in [-0.05, 0) is 154 Å². The molecule has 0 radical (unpaired) electrons. The van der Waals surface area contributed by atoms with Crippen molar-refractivity contribution in [2.75, 3.05) is 39.6 Å². The summed E-state index contributed by atoms with van der Waals surface area (Å²) in [6.45, 7) is 9.57. The number of rotatable bonds is 30. The molecule has 69 heavy (non-hydrogen) atoms. The molecule has 0 atom stereocenters. The number of hydrogen-bond donors (Lipinski definition) is 0. The average molecular weight is 939 g/mol. The summed E-state index contributed by atoms with van der Waals surface area (Å²) in [6, 6.07) is 27.4. The highest BCUT2D eigenvalue weighted by Crippen LogP contribution is 2.21. The van der Waals surface area contributed by atoms with Gasteiger partial charge in [0.05, 0.1) is 63.2 Å². The molecule has 0 aliphatic carbocycles. The maximum atomic E-state index is 12.8. The van der Waals surface area contributed by atoms with Crippen LogP contribution < -0.4 is 28.4 Å². The first-order chi connectivity index (χ1) is 33.8. The fourth-order valence-electron chi connectivity index (χ4n) is 6.22. The van der Waals surface area contributed by atoms with Gasteiger partial charge < -0.3 is 37.9 Å². The highest BCUT2D eigenvalue weighted by atomic mass is 16.5. The molecule has 0 bridgehead atoms. The van der Waals surface area contributed by atoms with Gasteiger partial charge >= 0.3 is 23.9 Å². The van der Waals surface area contributed by atoms with Gasteiger partial charge in [-0.1, -0.05) is 38.3 Å². The van der Waals surface area contributed by atoms with Crippen molar-refractivity contribution in [2.45, 2.75) is 70.6 Å². The van der Waals surface area contributed by atoms with Crippen LogP contribution in [0.25, 0.3) is 0 Å². The zero-order valence-corrected chi connectivity index (χ0v) is 38.8. The van der Waals surface area contributed by atoms with Crippen LogP contribution in [0.3, 0.4) is 0 Å². The Balaban J connectivity index is 0.873. The van der Waals surface area contributed by atoms with Crippen LogP contribution in [0.15, 0.2) is 135 Å². The van der Waals surface area contributed by atoms with Crippen LogP contribution in [0, 0.1) is 11.8 Å². The van der Waals surface area contributed by atoms with Crippen molar-refractivity contribution in [3.05, 3.63) is 157 Å². The quantitative estimate of drug-likeness (QED) is 0.0140. The van der Waals surface area contributed by atoms with E-state index in [1.165, 1.54) is 0 Å². The van der Waals surface area contributed by atoms with Crippen molar-refractivity contribution in [1.82, 2.24) is 9.97 Å². The Bertz CT molecular complexity index is 2430. The Morgan fingerprint density at radius 2 is 0.739 bits per heavy atom. The molecule has 14 nitrogen and oxygen atoms in total. The Morgan fingerprint density at radius 1 is 0.406 bits per heavy atom. The molecule has 0 aliphatic rings. The minimum Gasteiger partial charge on any atom is -0.494 e. The number of nitrogens with zero attached hydrogens (tertiary/aromatic N) is 2. The Hall–Kier alpha value is -7.92. The Labute approximate surface area is 403 Å². The number of benzene rings is 4. The highest BCUT2D eigenvalue weighted by molar-refractivity contribution is 5.91. The zero-order chi connectivity index (χ0) is 48.7. The van der Waals surface area contributed by atoms with E-state index in [4.69, 9.17) is 37.9 Å². The average Bonchev–Trinajstić information content (AvgIpc) is 3.38. The molecule has 0 saturated carbocycles. The van der Waals surface area contributed by atoms with Crippen molar-refractivity contribution in [1.29, 1.82) is 0 Å². The minimum atomic E-state index is -0.480. The molecule has 0 spiro atoms. The molecule has 5 rings (SSSR count). The summed E-state index contributed by atoms with van der Waals surface area (Å²) in [6.07, 6.45) is 15.3. The van der Waals surface area contributed by atoms with Crippen LogP contribution in [-0.4, -0.2) is 73.5 Å². The summed E-state index contributed by atoms with van der Waals surface area (Å²) < 4.78 is 44.1. The maximum absolute atomic E-state index is 12.8. The standard InChI is InChI=1S/C55H58N2O12/c1-3-52(58)66-38-13-9-8-12-36-65-50-40-56-51(57-41-50)33-18-42-16-23-48(24-17-42)68-54(60)43-19-25-45(26-20-43)62-34-10-6-5-7-11-35-63-46-27-21-44(22-28-46)55(61)69-49-31-29-47(30-32-49)64-37-14-15-39-67-53(59)4-2/h3-4,16-17,19-32,40-41H,1-2,5-15,34-39H2. The SMILES string of the molecule is C=CC(=O)OCCCCCCOc1cnc(C#Cc2ccc(OC(=O)c3ccc(OCCCCCCCOc4ccc(C(=O)Oc5ccc(OCCCCOC(=O)C=C)cc5)cc4)cc3)cc2)nc1. The lowest BCUT2D eigenvalue weighted by molar-refractivity contribution is -0.138. The molecule has 0 N–H and O–H groups in total. The first-order valence-corrected chi connectivity index (χ1v) is 23.1. The van der Waals surface area contributed by atoms with Crippen molar-refractivity contribution >= 4 is 23.9 Å². The van der Waals surface area contributed by atoms with Gasteiger partial charge in [0.25, 0.3) is 0 Å². The lowest BCUT2D eigenvalue weighted by atomic mass is 10.1. The van der Waals surface area contributed by atoms with Crippen LogP contribution >= 0.6 is 0 Å². The second kappa shape index (κ2) is 30.4. The smallest absolute Gasteiger partial charge is 0.343 e. The van der Waals surface area contributed by atoms with Gasteiger partial charge in [0.2, 0.25) is 5.82 Å². The molecule has 1 heterocycles. The van der Waals surface area contributed by atoms with Crippen molar-refractivity contribution in [3.63, 3.8) is 0 Å². The van der Waals surface area contributed by atoms with E-state index in [0.29, 0.717) is 103 Å². The van der Waals surface area contributed by atoms with Gasteiger partial charge in [-0.3, -0.25) is 0 Å². The number of hydrogen-bond acceptors (Lipinski definition) is 14. The van der Waals surface area contributed by atoms with Gasteiger partial charge in [-0.15, -0.1) is 0 Å². The molecule has 5 aromatic rings. The van der Waals surface area contributed by atoms with Crippen molar-refractivity contribution in [2.24, 2.45) is 0 Å². The Kier molecular flexibility index (Phi) is 22.9. The number of unbranched alkanes of at least 4 members (excludes halogenated alkanes) is 8. The molecule has 4 aromatic carbocycles. The topological polar surface area (TPSA) is 168 Å². The zero-order valence-electron chi connectivity index (χ0n) is 38.8. The van der Waals surface area contributed by atoms with Crippen LogP contribution in [0.5, 0.6) is 34.5 Å². The summed E-state index contributed by atoms with van der Waals surface area (Å²) in [5, 5.41) is 0. The van der Waals surface area contributed by atoms with Crippen LogP contribution in [0.4, 0.5) is 0 Å². The summed E-state index contributed by atoms with van der Waals surface area (Å²) in [5.74, 6) is 7.87. The van der Waals surface area contributed by atoms with Gasteiger partial charge in [-0.2, -0.15) is 0 Å². The number of carbonyl (C=O) groups excluding carboxylic acids is 4. The number of esters is 4. The van der Waals surface area contributed by atoms with Crippen LogP contribution in [0.1, 0.15) is 103 Å². The third-order valence-corrected chi connectivity index (χ3v) is 9.99. The fourth-order valence-corrected chi connectivity index (χ4v) is 6.22. The lowest BCUT2D eigenvalue weighted by Crippen LogP contribution is -2.08. The summed E-state index contributed by atoms with van der Waals surface area (Å²) in [4.78, 5) is 56.1. The summed E-state index contributed by atoms with van der Waals surface area (Å²) >= 11 is 0. The molecule has 0 amide bonds. The molecule has 0 aliphatic heterocycles. The number of carbonyl (C=O) groups is 4. The van der Waals surface area contributed by atoms with E-state index in [1.807, 2.05) is 0 Å². The molecular weight excluding hydrogens is 881 g/mol. The lowest BCUT2D eigenvalue weighted by Gasteiger charge is -2.09. The maximum Gasteiger partial charge on any atom is 0.343 e. The number of aromatic nitrogens is 2. The van der Waals surface area contributed by atoms with Gasteiger partial charge in [-0.25, -0.2) is 29.1 Å². The van der Waals surface area contributed by atoms with Gasteiger partial charge in [0, 0.05) is 17.7 Å². The monoisotopic (exact) mass is 938 g/mol. The van der Waals surface area contributed by atoms with Crippen molar-refractivity contribution in [3.8, 4) is 46.3 Å². The van der Waals surface area contributed by atoms with Crippen LogP contribution in [0.2, 0.25) is 0 Å². The predicted octanol–water partition coefficient (Wildman–Crippen LogP) is 10.3. The second-order valence-electron chi connectivity index (χ2n) is 15.3. The molecule has 360 valence electrons. The molecule has 0 saturated heterocycles. The third-order valence-electron chi connectivity index (χ3n) is 9.99. The predicted molar refractivity (Wildman–Crippen MR) is 259 cm³/mol. The normalized spacial score (nSPS) is 10.4. The molecule has 0 fully saturated rings. The summed E-state index contributed by atoms with van der Waals surface area (Å²) in [7, 11) is 0. The first-order valence-electron chi connectivity index (χ1n) is 23.1. The molecule has 0 unspecified atom stereocenters. The highest BCUT2D eigenvalue weighted by Gasteiger charge is 2.11. The number of ether oxygens (including phenoxy) is 8. The van der Waals surface area contributed by atoms with E-state index in [1.54, 1.807) is 109 Å². The Morgan fingerprint density at radius 3 is 1.17 bits per heavy atom. The minimum absolute atomic E-state index is 0.316. The van der Waals surface area contributed by atoms with Crippen molar-refractivity contribution < 1.29 is 57.1 Å². The van der Waals surface area contributed by atoms with Crippen LogP contribution in [-0.2, 0) is 19.1 Å². The van der Waals surface area contributed by atoms with E-state index in [0.717, 1.165) is 76.4 Å². The molecule has 1 aromatic heterocycles. The fraction of sp³-hybridized carbons (Fsp3) is 0.309. The molecule has 14 heteroatoms. The van der Waals surface area contributed by atoms with Gasteiger partial charge in [0.1, 0.15) is 28.7 Å². The van der Waals surface area contributed by atoms with E-state index in [2.05, 4.69) is 35.0 Å².